The number of para-hydroxylation sites is 1. The molecule has 0 fully saturated rings. The summed E-state index contributed by atoms with van der Waals surface area (Å²) in [7, 11) is 0. The van der Waals surface area contributed by atoms with Crippen LogP contribution in [-0.4, -0.2) is 25.0 Å². The third kappa shape index (κ3) is 6.77. The minimum Gasteiger partial charge on any atom is -0.493 e. The molecule has 0 aromatic heterocycles. The molecule has 2 N–H and O–H groups in total. The molecule has 0 bridgehead atoms. The van der Waals surface area contributed by atoms with Gasteiger partial charge in [0.1, 0.15) is 5.75 Å². The van der Waals surface area contributed by atoms with Crippen LogP contribution in [0.3, 0.4) is 0 Å². The molecule has 5 nitrogen and oxygen atoms in total. The van der Waals surface area contributed by atoms with Gasteiger partial charge >= 0.3 is 0 Å². The van der Waals surface area contributed by atoms with Crippen molar-refractivity contribution in [3.63, 3.8) is 0 Å². The van der Waals surface area contributed by atoms with Gasteiger partial charge in [-0.05, 0) is 43.2 Å². The molecule has 0 spiro atoms. The normalized spacial score (nSPS) is 10.3. The van der Waals surface area contributed by atoms with Gasteiger partial charge < -0.3 is 15.4 Å². The predicted molar refractivity (Wildman–Crippen MR) is 107 cm³/mol. The van der Waals surface area contributed by atoms with Gasteiger partial charge in [0.25, 0.3) is 5.91 Å². The molecule has 0 saturated carbocycles. The molecule has 0 aliphatic rings. The van der Waals surface area contributed by atoms with Crippen molar-refractivity contribution in [1.29, 1.82) is 0 Å². The first-order valence-electron chi connectivity index (χ1n) is 8.72. The van der Waals surface area contributed by atoms with E-state index in [1.165, 1.54) is 0 Å². The monoisotopic (exact) mass is 408 g/mol. The van der Waals surface area contributed by atoms with Crippen molar-refractivity contribution in [2.45, 2.75) is 26.3 Å². The summed E-state index contributed by atoms with van der Waals surface area (Å²) in [5.41, 5.74) is 1.29. The Bertz CT molecular complexity index is 797. The molecule has 0 aliphatic heterocycles. The second-order valence-corrected chi connectivity index (χ2v) is 6.64. The molecule has 2 rings (SSSR count). The fourth-order valence-electron chi connectivity index (χ4n) is 2.43. The van der Waals surface area contributed by atoms with Crippen molar-refractivity contribution >= 4 is 35.0 Å². The number of halogens is 2. The Hall–Kier alpha value is -2.24. The van der Waals surface area contributed by atoms with Gasteiger partial charge in [-0.25, -0.2) is 0 Å². The second-order valence-electron chi connectivity index (χ2n) is 5.80. The quantitative estimate of drug-likeness (QED) is 0.610. The van der Waals surface area contributed by atoms with Gasteiger partial charge in [-0.15, -0.1) is 0 Å². The standard InChI is InChI=1S/C20H22Cl2N2O3/c1-2-27-18-7-4-3-6-16(18)20(26)23-11-5-8-19(25)24-13-14-9-10-15(21)12-17(14)22/h3-4,6-7,9-10,12H,2,5,8,11,13H2,1H3,(H,23,26)(H,24,25). The molecule has 144 valence electrons. The van der Waals surface area contributed by atoms with Crippen LogP contribution in [0.4, 0.5) is 0 Å². The molecule has 0 saturated heterocycles. The number of nitrogens with one attached hydrogen (secondary N) is 2. The summed E-state index contributed by atoms with van der Waals surface area (Å²) in [5.74, 6) is 0.229. The Labute approximate surface area is 169 Å². The fraction of sp³-hybridized carbons (Fsp3) is 0.300. The Balaban J connectivity index is 1.71. The third-order valence-electron chi connectivity index (χ3n) is 3.79. The maximum Gasteiger partial charge on any atom is 0.255 e. The average molecular weight is 409 g/mol. The highest BCUT2D eigenvalue weighted by molar-refractivity contribution is 6.35. The molecule has 0 unspecified atom stereocenters. The Kier molecular flexibility index (Phi) is 8.43. The number of ether oxygens (including phenoxy) is 1. The van der Waals surface area contributed by atoms with E-state index in [1.807, 2.05) is 13.0 Å². The summed E-state index contributed by atoms with van der Waals surface area (Å²) in [6.45, 7) is 3.09. The van der Waals surface area contributed by atoms with E-state index >= 15 is 0 Å². The van der Waals surface area contributed by atoms with Gasteiger partial charge in [0.15, 0.2) is 0 Å². The van der Waals surface area contributed by atoms with Crippen LogP contribution in [0.5, 0.6) is 5.75 Å². The molecule has 7 heteroatoms. The number of amides is 2. The van der Waals surface area contributed by atoms with Gasteiger partial charge in [0.05, 0.1) is 12.2 Å². The lowest BCUT2D eigenvalue weighted by atomic mass is 10.2. The van der Waals surface area contributed by atoms with Gasteiger partial charge in [0.2, 0.25) is 5.91 Å². The summed E-state index contributed by atoms with van der Waals surface area (Å²) in [4.78, 5) is 24.2. The summed E-state index contributed by atoms with van der Waals surface area (Å²) < 4.78 is 5.45. The van der Waals surface area contributed by atoms with E-state index in [2.05, 4.69) is 10.6 Å². The number of carbonyl (C=O) groups excluding carboxylic acids is 2. The highest BCUT2D eigenvalue weighted by Crippen LogP contribution is 2.20. The van der Waals surface area contributed by atoms with E-state index in [9.17, 15) is 9.59 Å². The maximum atomic E-state index is 12.2. The highest BCUT2D eigenvalue weighted by atomic mass is 35.5. The second kappa shape index (κ2) is 10.8. The van der Waals surface area contributed by atoms with Crippen molar-refractivity contribution in [3.8, 4) is 5.75 Å². The zero-order chi connectivity index (χ0) is 19.6. The van der Waals surface area contributed by atoms with Crippen molar-refractivity contribution in [2.24, 2.45) is 0 Å². The molecular weight excluding hydrogens is 387 g/mol. The van der Waals surface area contributed by atoms with Gasteiger partial charge in [-0.1, -0.05) is 41.4 Å². The van der Waals surface area contributed by atoms with Crippen molar-refractivity contribution in [2.75, 3.05) is 13.2 Å². The van der Waals surface area contributed by atoms with E-state index in [1.54, 1.807) is 36.4 Å². The summed E-state index contributed by atoms with van der Waals surface area (Å²) >= 11 is 11.9. The van der Waals surface area contributed by atoms with E-state index in [-0.39, 0.29) is 11.8 Å². The Morgan fingerprint density at radius 3 is 2.59 bits per heavy atom. The highest BCUT2D eigenvalue weighted by Gasteiger charge is 2.11. The first kappa shape index (κ1) is 21.1. The number of hydrogen-bond donors (Lipinski definition) is 2. The van der Waals surface area contributed by atoms with Crippen LogP contribution in [0, 0.1) is 0 Å². The van der Waals surface area contributed by atoms with Crippen molar-refractivity contribution < 1.29 is 14.3 Å². The number of rotatable bonds is 9. The molecular formula is C20H22Cl2N2O3. The fourth-order valence-corrected chi connectivity index (χ4v) is 2.90. The Morgan fingerprint density at radius 2 is 1.85 bits per heavy atom. The molecule has 27 heavy (non-hydrogen) atoms. The number of hydrogen-bond acceptors (Lipinski definition) is 3. The van der Waals surface area contributed by atoms with E-state index in [0.717, 1.165) is 5.56 Å². The van der Waals surface area contributed by atoms with Crippen LogP contribution < -0.4 is 15.4 Å². The molecule has 2 aromatic carbocycles. The zero-order valence-corrected chi connectivity index (χ0v) is 16.6. The largest absolute Gasteiger partial charge is 0.493 e. The first-order chi connectivity index (χ1) is 13.0. The zero-order valence-electron chi connectivity index (χ0n) is 15.1. The molecule has 0 aliphatic carbocycles. The lowest BCUT2D eigenvalue weighted by molar-refractivity contribution is -0.121. The SMILES string of the molecule is CCOc1ccccc1C(=O)NCCCC(=O)NCc1ccc(Cl)cc1Cl. The molecule has 0 heterocycles. The smallest absolute Gasteiger partial charge is 0.255 e. The van der Waals surface area contributed by atoms with Crippen LogP contribution in [-0.2, 0) is 11.3 Å². The summed E-state index contributed by atoms with van der Waals surface area (Å²) in [6, 6.07) is 12.2. The van der Waals surface area contributed by atoms with Crippen LogP contribution in [0.25, 0.3) is 0 Å². The first-order valence-corrected chi connectivity index (χ1v) is 9.47. The van der Waals surface area contributed by atoms with Gasteiger partial charge in [-0.3, -0.25) is 9.59 Å². The van der Waals surface area contributed by atoms with Crippen LogP contribution in [0.2, 0.25) is 10.0 Å². The minimum absolute atomic E-state index is 0.106. The summed E-state index contributed by atoms with van der Waals surface area (Å²) in [6.07, 6.45) is 0.835. The molecule has 2 amide bonds. The average Bonchev–Trinajstić information content (AvgIpc) is 2.65. The summed E-state index contributed by atoms with van der Waals surface area (Å²) in [5, 5.41) is 6.68. The predicted octanol–water partition coefficient (Wildman–Crippen LogP) is 4.22. The van der Waals surface area contributed by atoms with Gasteiger partial charge in [-0.2, -0.15) is 0 Å². The van der Waals surface area contributed by atoms with E-state index < -0.39 is 0 Å². The topological polar surface area (TPSA) is 67.4 Å². The van der Waals surface area contributed by atoms with Crippen LogP contribution in [0.1, 0.15) is 35.7 Å². The third-order valence-corrected chi connectivity index (χ3v) is 4.38. The number of carbonyl (C=O) groups is 2. The minimum atomic E-state index is -0.215. The molecule has 2 aromatic rings. The molecule has 0 radical (unpaired) electrons. The van der Waals surface area contributed by atoms with E-state index in [4.69, 9.17) is 27.9 Å². The Morgan fingerprint density at radius 1 is 1.07 bits per heavy atom. The maximum absolute atomic E-state index is 12.2. The lowest BCUT2D eigenvalue weighted by Crippen LogP contribution is -2.27. The van der Waals surface area contributed by atoms with Crippen molar-refractivity contribution in [3.05, 3.63) is 63.6 Å². The lowest BCUT2D eigenvalue weighted by Gasteiger charge is -2.10. The van der Waals surface area contributed by atoms with Crippen LogP contribution >= 0.6 is 23.2 Å². The van der Waals surface area contributed by atoms with Gasteiger partial charge in [0, 0.05) is 29.6 Å². The van der Waals surface area contributed by atoms with Crippen LogP contribution in [0.15, 0.2) is 42.5 Å². The number of benzene rings is 2. The van der Waals surface area contributed by atoms with E-state index in [0.29, 0.717) is 53.9 Å². The van der Waals surface area contributed by atoms with Crippen molar-refractivity contribution in [1.82, 2.24) is 10.6 Å². The molecule has 0 atom stereocenters.